The Kier molecular flexibility index (Phi) is 5.28. The van der Waals surface area contributed by atoms with Gasteiger partial charge in [-0.25, -0.2) is 5.43 Å². The number of pyridine rings is 1. The minimum atomic E-state index is -0.324. The van der Waals surface area contributed by atoms with Crippen molar-refractivity contribution >= 4 is 45.5 Å². The third-order valence-electron chi connectivity index (χ3n) is 5.46. The molecule has 0 radical (unpaired) electrons. The number of hydrogen-bond donors (Lipinski definition) is 2. The topological polar surface area (TPSA) is 96.6 Å². The standard InChI is InChI=1S/C24H20N4O3S/c1-14-21-18(27-28-23(29)20-11-5-13-32-20)9-3-10-19(21)31-22(14)24(30)26-17-8-2-7-16-15(17)6-4-12-25-16/h2,4-8,11-13H,3,9-10H2,1H3,(H,26,30)(H,28,29)/b27-18+. The highest BCUT2D eigenvalue weighted by Gasteiger charge is 2.28. The Morgan fingerprint density at radius 1 is 1.09 bits per heavy atom. The highest BCUT2D eigenvalue weighted by molar-refractivity contribution is 7.12. The number of thiophene rings is 1. The van der Waals surface area contributed by atoms with Crippen LogP contribution in [0.1, 0.15) is 50.0 Å². The molecule has 0 fully saturated rings. The molecule has 0 spiro atoms. The zero-order valence-corrected chi connectivity index (χ0v) is 18.2. The lowest BCUT2D eigenvalue weighted by Crippen LogP contribution is -2.21. The molecular weight excluding hydrogens is 424 g/mol. The van der Waals surface area contributed by atoms with Crippen LogP contribution in [-0.2, 0) is 6.42 Å². The smallest absolute Gasteiger partial charge is 0.291 e. The lowest BCUT2D eigenvalue weighted by Gasteiger charge is -2.13. The molecule has 3 heterocycles. The second-order valence-corrected chi connectivity index (χ2v) is 8.46. The predicted molar refractivity (Wildman–Crippen MR) is 124 cm³/mol. The Bertz CT molecular complexity index is 1350. The fraction of sp³-hybridized carbons (Fsp3) is 0.167. The first-order valence-electron chi connectivity index (χ1n) is 10.3. The van der Waals surface area contributed by atoms with E-state index < -0.39 is 0 Å². The molecule has 0 saturated carbocycles. The maximum absolute atomic E-state index is 13.1. The molecular formula is C24H20N4O3S. The number of hydrogen-bond acceptors (Lipinski definition) is 6. The molecule has 7 nitrogen and oxygen atoms in total. The first kappa shape index (κ1) is 20.1. The monoisotopic (exact) mass is 444 g/mol. The second-order valence-electron chi connectivity index (χ2n) is 7.51. The van der Waals surface area contributed by atoms with Crippen LogP contribution in [-0.4, -0.2) is 22.5 Å². The summed E-state index contributed by atoms with van der Waals surface area (Å²) in [6.45, 7) is 1.85. The first-order valence-corrected chi connectivity index (χ1v) is 11.2. The van der Waals surface area contributed by atoms with E-state index in [9.17, 15) is 9.59 Å². The highest BCUT2D eigenvalue weighted by Crippen LogP contribution is 2.31. The SMILES string of the molecule is Cc1c(C(=O)Nc2cccc3ncccc23)oc2c1/C(=N/NC(=O)c1cccs1)CCC2. The average molecular weight is 445 g/mol. The van der Waals surface area contributed by atoms with Gasteiger partial charge in [-0.2, -0.15) is 5.10 Å². The Morgan fingerprint density at radius 2 is 2.00 bits per heavy atom. The van der Waals surface area contributed by atoms with E-state index in [1.54, 1.807) is 12.3 Å². The molecule has 1 aliphatic carbocycles. The molecule has 0 atom stereocenters. The molecule has 8 heteroatoms. The molecule has 1 aromatic carbocycles. The number of carbonyl (C=O) groups is 2. The summed E-state index contributed by atoms with van der Waals surface area (Å²) in [4.78, 5) is 30.3. The summed E-state index contributed by atoms with van der Waals surface area (Å²) in [5.41, 5.74) is 6.37. The van der Waals surface area contributed by atoms with Crippen LogP contribution < -0.4 is 10.7 Å². The van der Waals surface area contributed by atoms with E-state index in [1.807, 2.05) is 48.7 Å². The molecule has 2 N–H and O–H groups in total. The molecule has 0 saturated heterocycles. The number of nitrogens with one attached hydrogen (secondary N) is 2. The third kappa shape index (κ3) is 3.69. The normalized spacial score (nSPS) is 14.3. The number of aromatic nitrogens is 1. The Labute approximate surface area is 188 Å². The quantitative estimate of drug-likeness (QED) is 0.437. The van der Waals surface area contributed by atoms with Crippen molar-refractivity contribution in [2.24, 2.45) is 5.10 Å². The van der Waals surface area contributed by atoms with Crippen LogP contribution in [0.25, 0.3) is 10.9 Å². The molecule has 160 valence electrons. The number of amides is 2. The van der Waals surface area contributed by atoms with Crippen LogP contribution in [0.4, 0.5) is 5.69 Å². The number of aryl methyl sites for hydroxylation is 1. The van der Waals surface area contributed by atoms with Crippen molar-refractivity contribution in [1.29, 1.82) is 0 Å². The van der Waals surface area contributed by atoms with Gasteiger partial charge in [-0.3, -0.25) is 14.6 Å². The highest BCUT2D eigenvalue weighted by atomic mass is 32.1. The summed E-state index contributed by atoms with van der Waals surface area (Å²) in [6.07, 6.45) is 3.98. The third-order valence-corrected chi connectivity index (χ3v) is 6.33. The molecule has 3 aromatic heterocycles. The molecule has 5 rings (SSSR count). The van der Waals surface area contributed by atoms with Gasteiger partial charge in [-0.15, -0.1) is 11.3 Å². The lowest BCUT2D eigenvalue weighted by molar-refractivity contribution is 0.0957. The molecule has 0 aliphatic heterocycles. The first-order chi connectivity index (χ1) is 15.6. The van der Waals surface area contributed by atoms with Gasteiger partial charge in [0.1, 0.15) is 5.76 Å². The zero-order valence-electron chi connectivity index (χ0n) is 17.3. The second kappa shape index (κ2) is 8.39. The fourth-order valence-corrected chi connectivity index (χ4v) is 4.58. The van der Waals surface area contributed by atoms with Crippen molar-refractivity contribution in [3.05, 3.63) is 81.6 Å². The number of carbonyl (C=O) groups excluding carboxylic acids is 2. The van der Waals surface area contributed by atoms with Crippen LogP contribution in [0, 0.1) is 6.92 Å². The van der Waals surface area contributed by atoms with Crippen molar-refractivity contribution in [1.82, 2.24) is 10.4 Å². The van der Waals surface area contributed by atoms with E-state index in [1.165, 1.54) is 11.3 Å². The van der Waals surface area contributed by atoms with Gasteiger partial charge >= 0.3 is 0 Å². The molecule has 0 bridgehead atoms. The summed E-state index contributed by atoms with van der Waals surface area (Å²) in [5, 5.41) is 10.0. The molecule has 2 amide bonds. The fourth-order valence-electron chi connectivity index (χ4n) is 3.97. The number of nitrogens with zero attached hydrogens (tertiary/aromatic N) is 2. The number of benzene rings is 1. The average Bonchev–Trinajstić information content (AvgIpc) is 3.47. The van der Waals surface area contributed by atoms with Gasteiger partial charge in [-0.1, -0.05) is 12.1 Å². The van der Waals surface area contributed by atoms with E-state index in [-0.39, 0.29) is 17.6 Å². The molecule has 4 aromatic rings. The van der Waals surface area contributed by atoms with Crippen LogP contribution in [0.5, 0.6) is 0 Å². The molecule has 1 aliphatic rings. The van der Waals surface area contributed by atoms with Gasteiger partial charge in [-0.05, 0) is 55.5 Å². The number of anilines is 1. The maximum Gasteiger partial charge on any atom is 0.291 e. The largest absolute Gasteiger partial charge is 0.455 e. The summed E-state index contributed by atoms with van der Waals surface area (Å²) < 4.78 is 5.97. The Morgan fingerprint density at radius 3 is 2.84 bits per heavy atom. The van der Waals surface area contributed by atoms with E-state index in [0.717, 1.165) is 46.3 Å². The van der Waals surface area contributed by atoms with Crippen LogP contribution in [0.2, 0.25) is 0 Å². The Balaban J connectivity index is 1.42. The van der Waals surface area contributed by atoms with Crippen LogP contribution in [0.3, 0.4) is 0 Å². The number of fused-ring (bicyclic) bond motifs is 2. The number of hydrazone groups is 1. The number of furan rings is 1. The van der Waals surface area contributed by atoms with Gasteiger partial charge in [0.2, 0.25) is 0 Å². The van der Waals surface area contributed by atoms with E-state index in [4.69, 9.17) is 4.42 Å². The van der Waals surface area contributed by atoms with Crippen molar-refractivity contribution in [3.8, 4) is 0 Å². The van der Waals surface area contributed by atoms with E-state index in [2.05, 4.69) is 20.8 Å². The minimum Gasteiger partial charge on any atom is -0.455 e. The van der Waals surface area contributed by atoms with Crippen molar-refractivity contribution in [2.45, 2.75) is 26.2 Å². The van der Waals surface area contributed by atoms with E-state index >= 15 is 0 Å². The van der Waals surface area contributed by atoms with E-state index in [0.29, 0.717) is 17.0 Å². The summed E-state index contributed by atoms with van der Waals surface area (Å²) in [6, 6.07) is 12.9. The molecule has 32 heavy (non-hydrogen) atoms. The molecule has 0 unspecified atom stereocenters. The number of rotatable bonds is 4. The van der Waals surface area contributed by atoms with Gasteiger partial charge in [0.15, 0.2) is 5.76 Å². The van der Waals surface area contributed by atoms with Crippen LogP contribution >= 0.6 is 11.3 Å². The maximum atomic E-state index is 13.1. The summed E-state index contributed by atoms with van der Waals surface area (Å²) in [7, 11) is 0. The summed E-state index contributed by atoms with van der Waals surface area (Å²) >= 11 is 1.36. The van der Waals surface area contributed by atoms with Crippen molar-refractivity contribution in [3.63, 3.8) is 0 Å². The van der Waals surface area contributed by atoms with Gasteiger partial charge in [0.05, 0.1) is 21.8 Å². The lowest BCUT2D eigenvalue weighted by atomic mass is 9.93. The summed E-state index contributed by atoms with van der Waals surface area (Å²) in [5.74, 6) is 0.413. The van der Waals surface area contributed by atoms with Crippen molar-refractivity contribution in [2.75, 3.05) is 5.32 Å². The minimum absolute atomic E-state index is 0.247. The van der Waals surface area contributed by atoms with Gasteiger partial charge in [0.25, 0.3) is 11.8 Å². The Hall–Kier alpha value is -3.78. The van der Waals surface area contributed by atoms with Crippen molar-refractivity contribution < 1.29 is 14.0 Å². The van der Waals surface area contributed by atoms with Crippen LogP contribution in [0.15, 0.2) is 63.6 Å². The van der Waals surface area contributed by atoms with Gasteiger partial charge < -0.3 is 9.73 Å². The van der Waals surface area contributed by atoms with Gasteiger partial charge in [0, 0.05) is 29.1 Å². The zero-order chi connectivity index (χ0) is 22.1. The predicted octanol–water partition coefficient (Wildman–Crippen LogP) is 4.92.